The van der Waals surface area contributed by atoms with Gasteiger partial charge < -0.3 is 10.8 Å². The molecule has 0 spiro atoms. The molecule has 0 saturated carbocycles. The number of aliphatic hydroxyl groups is 1. The molecule has 0 aromatic heterocycles. The SMILES string of the molecule is CC(C)CC=N/C(=C\N)C(C)(C)O. The summed E-state index contributed by atoms with van der Waals surface area (Å²) in [5, 5.41) is 9.58. The van der Waals surface area contributed by atoms with Gasteiger partial charge in [-0.05, 0) is 26.2 Å². The second-order valence-corrected chi connectivity index (χ2v) is 4.05. The molecule has 0 radical (unpaired) electrons. The van der Waals surface area contributed by atoms with Crippen LogP contribution in [-0.4, -0.2) is 16.9 Å². The highest BCUT2D eigenvalue weighted by atomic mass is 16.3. The van der Waals surface area contributed by atoms with Crippen LogP contribution in [0.3, 0.4) is 0 Å². The number of nitrogens with zero attached hydrogens (tertiary/aromatic N) is 1. The fourth-order valence-corrected chi connectivity index (χ4v) is 0.767. The summed E-state index contributed by atoms with van der Waals surface area (Å²) in [4.78, 5) is 4.11. The lowest BCUT2D eigenvalue weighted by atomic mass is 10.1. The van der Waals surface area contributed by atoms with Gasteiger partial charge in [0.2, 0.25) is 0 Å². The van der Waals surface area contributed by atoms with E-state index in [1.54, 1.807) is 20.1 Å². The minimum absolute atomic E-state index is 0.508. The van der Waals surface area contributed by atoms with Crippen molar-refractivity contribution in [2.24, 2.45) is 16.6 Å². The number of nitrogens with two attached hydrogens (primary N) is 1. The lowest BCUT2D eigenvalue weighted by molar-refractivity contribution is 0.118. The summed E-state index contributed by atoms with van der Waals surface area (Å²) in [7, 11) is 0. The minimum Gasteiger partial charge on any atom is -0.403 e. The third-order valence-corrected chi connectivity index (χ3v) is 1.59. The second-order valence-electron chi connectivity index (χ2n) is 4.05. The van der Waals surface area contributed by atoms with Gasteiger partial charge in [0.25, 0.3) is 0 Å². The molecule has 76 valence electrons. The lowest BCUT2D eigenvalue weighted by Gasteiger charge is -2.16. The zero-order chi connectivity index (χ0) is 10.5. The molecule has 0 aliphatic carbocycles. The van der Waals surface area contributed by atoms with Crippen molar-refractivity contribution in [1.29, 1.82) is 0 Å². The Morgan fingerprint density at radius 2 is 2.08 bits per heavy atom. The summed E-state index contributed by atoms with van der Waals surface area (Å²) < 4.78 is 0. The first-order chi connectivity index (χ1) is 5.88. The highest BCUT2D eigenvalue weighted by molar-refractivity contribution is 5.59. The number of hydrogen-bond donors (Lipinski definition) is 2. The van der Waals surface area contributed by atoms with Gasteiger partial charge in [0, 0.05) is 12.4 Å². The molecule has 0 saturated heterocycles. The van der Waals surface area contributed by atoms with E-state index in [0.717, 1.165) is 6.42 Å². The van der Waals surface area contributed by atoms with Gasteiger partial charge in [-0.3, -0.25) is 4.99 Å². The molecule has 0 rings (SSSR count). The first-order valence-electron chi connectivity index (χ1n) is 4.55. The van der Waals surface area contributed by atoms with Gasteiger partial charge >= 0.3 is 0 Å². The molecule has 0 heterocycles. The average Bonchev–Trinajstić information content (AvgIpc) is 1.95. The molecule has 3 nitrogen and oxygen atoms in total. The predicted molar refractivity (Wildman–Crippen MR) is 56.5 cm³/mol. The van der Waals surface area contributed by atoms with Crippen LogP contribution in [0.1, 0.15) is 34.1 Å². The van der Waals surface area contributed by atoms with E-state index in [9.17, 15) is 5.11 Å². The maximum Gasteiger partial charge on any atom is 0.102 e. The van der Waals surface area contributed by atoms with Crippen molar-refractivity contribution in [3.05, 3.63) is 11.9 Å². The molecule has 0 bridgehead atoms. The minimum atomic E-state index is -0.956. The van der Waals surface area contributed by atoms with E-state index >= 15 is 0 Å². The first-order valence-corrected chi connectivity index (χ1v) is 4.55. The Morgan fingerprint density at radius 3 is 2.38 bits per heavy atom. The molecule has 13 heavy (non-hydrogen) atoms. The molecule has 0 fully saturated rings. The zero-order valence-corrected chi connectivity index (χ0v) is 8.91. The topological polar surface area (TPSA) is 58.6 Å². The van der Waals surface area contributed by atoms with Crippen molar-refractivity contribution in [3.63, 3.8) is 0 Å². The van der Waals surface area contributed by atoms with Crippen LogP contribution in [0.4, 0.5) is 0 Å². The molecule has 3 heteroatoms. The van der Waals surface area contributed by atoms with Crippen LogP contribution in [0.15, 0.2) is 16.9 Å². The van der Waals surface area contributed by atoms with Crippen molar-refractivity contribution < 1.29 is 5.11 Å². The van der Waals surface area contributed by atoms with Crippen LogP contribution in [-0.2, 0) is 0 Å². The van der Waals surface area contributed by atoms with E-state index in [2.05, 4.69) is 18.8 Å². The van der Waals surface area contributed by atoms with Crippen molar-refractivity contribution in [1.82, 2.24) is 0 Å². The van der Waals surface area contributed by atoms with E-state index in [4.69, 9.17) is 5.73 Å². The third-order valence-electron chi connectivity index (χ3n) is 1.59. The summed E-state index contributed by atoms with van der Waals surface area (Å²) in [5.74, 6) is 0.574. The fourth-order valence-electron chi connectivity index (χ4n) is 0.767. The largest absolute Gasteiger partial charge is 0.403 e. The summed E-state index contributed by atoms with van der Waals surface area (Å²) in [6.07, 6.45) is 4.03. The van der Waals surface area contributed by atoms with Gasteiger partial charge in [-0.2, -0.15) is 0 Å². The molecular formula is C10H20N2O. The van der Waals surface area contributed by atoms with E-state index < -0.39 is 5.60 Å². The van der Waals surface area contributed by atoms with Crippen molar-refractivity contribution in [2.45, 2.75) is 39.7 Å². The number of rotatable bonds is 4. The molecule has 0 unspecified atom stereocenters. The fraction of sp³-hybridized carbons (Fsp3) is 0.700. The van der Waals surface area contributed by atoms with Gasteiger partial charge in [-0.25, -0.2) is 0 Å². The smallest absolute Gasteiger partial charge is 0.102 e. The second kappa shape index (κ2) is 5.02. The highest BCUT2D eigenvalue weighted by Crippen LogP contribution is 2.15. The Bertz CT molecular complexity index is 199. The number of hydrogen-bond acceptors (Lipinski definition) is 3. The Labute approximate surface area is 80.4 Å². The van der Waals surface area contributed by atoms with Crippen LogP contribution in [0, 0.1) is 5.92 Å². The van der Waals surface area contributed by atoms with E-state index in [0.29, 0.717) is 11.6 Å². The summed E-state index contributed by atoms with van der Waals surface area (Å²) in [6.45, 7) is 7.56. The summed E-state index contributed by atoms with van der Waals surface area (Å²) in [6, 6.07) is 0. The Balaban J connectivity index is 4.24. The van der Waals surface area contributed by atoms with Gasteiger partial charge in [-0.15, -0.1) is 0 Å². The maximum absolute atomic E-state index is 9.58. The van der Waals surface area contributed by atoms with Crippen LogP contribution in [0.25, 0.3) is 0 Å². The van der Waals surface area contributed by atoms with Crippen LogP contribution in [0.2, 0.25) is 0 Å². The standard InChI is InChI=1S/C10H20N2O/c1-8(2)5-6-12-9(7-11)10(3,4)13/h6-8,13H,5,11H2,1-4H3/b9-7-,12-6?. The Kier molecular flexibility index (Phi) is 4.70. The predicted octanol–water partition coefficient (Wildman–Crippen LogP) is 1.67. The molecule has 0 atom stereocenters. The third kappa shape index (κ3) is 5.42. The lowest BCUT2D eigenvalue weighted by Crippen LogP contribution is -2.21. The summed E-state index contributed by atoms with van der Waals surface area (Å²) in [5.41, 5.74) is 4.89. The summed E-state index contributed by atoms with van der Waals surface area (Å²) >= 11 is 0. The quantitative estimate of drug-likeness (QED) is 0.653. The Hall–Kier alpha value is -0.830. The van der Waals surface area contributed by atoms with Gasteiger partial charge in [0.05, 0.1) is 5.70 Å². The normalized spacial score (nSPS) is 14.5. The van der Waals surface area contributed by atoms with E-state index in [-0.39, 0.29) is 0 Å². The van der Waals surface area contributed by atoms with Crippen molar-refractivity contribution >= 4 is 6.21 Å². The average molecular weight is 184 g/mol. The first kappa shape index (κ1) is 12.2. The maximum atomic E-state index is 9.58. The monoisotopic (exact) mass is 184 g/mol. The molecule has 0 aliphatic rings. The van der Waals surface area contributed by atoms with Gasteiger partial charge in [0.1, 0.15) is 5.60 Å². The van der Waals surface area contributed by atoms with E-state index in [1.165, 1.54) is 6.20 Å². The van der Waals surface area contributed by atoms with Crippen molar-refractivity contribution in [2.75, 3.05) is 0 Å². The molecule has 0 amide bonds. The molecular weight excluding hydrogens is 164 g/mol. The van der Waals surface area contributed by atoms with Gasteiger partial charge in [0.15, 0.2) is 0 Å². The van der Waals surface area contributed by atoms with Crippen LogP contribution < -0.4 is 5.73 Å². The molecule has 3 N–H and O–H groups in total. The van der Waals surface area contributed by atoms with Crippen molar-refractivity contribution in [3.8, 4) is 0 Å². The molecule has 0 aromatic rings. The Morgan fingerprint density at radius 1 is 1.54 bits per heavy atom. The molecule has 0 aromatic carbocycles. The van der Waals surface area contributed by atoms with Crippen LogP contribution >= 0.6 is 0 Å². The van der Waals surface area contributed by atoms with E-state index in [1.807, 2.05) is 0 Å². The number of aliphatic imine (C=N–C) groups is 1. The van der Waals surface area contributed by atoms with Gasteiger partial charge in [-0.1, -0.05) is 13.8 Å². The zero-order valence-electron chi connectivity index (χ0n) is 8.91. The van der Waals surface area contributed by atoms with Crippen LogP contribution in [0.5, 0.6) is 0 Å². The highest BCUT2D eigenvalue weighted by Gasteiger charge is 2.17. The molecule has 0 aliphatic heterocycles.